The van der Waals surface area contributed by atoms with Crippen LogP contribution in [0.2, 0.25) is 0 Å². The second-order valence-corrected chi connectivity index (χ2v) is 6.44. The minimum Gasteiger partial charge on any atom is -0.346 e. The molecule has 3 heterocycles. The number of amides is 1. The summed E-state index contributed by atoms with van der Waals surface area (Å²) in [5.74, 6) is -0.149. The molecule has 7 heteroatoms. The van der Waals surface area contributed by atoms with Gasteiger partial charge in [0.05, 0.1) is 35.1 Å². The number of benzene rings is 1. The van der Waals surface area contributed by atoms with Crippen LogP contribution in [0.1, 0.15) is 29.9 Å². The molecule has 0 bridgehead atoms. The number of fused-ring (bicyclic) bond motifs is 1. The number of carbonyl (C=O) groups is 1. The molecule has 28 heavy (non-hydrogen) atoms. The molecule has 0 radical (unpaired) electrons. The highest BCUT2D eigenvalue weighted by Gasteiger charge is 2.17. The molecule has 0 atom stereocenters. The Morgan fingerprint density at radius 3 is 2.57 bits per heavy atom. The lowest BCUT2D eigenvalue weighted by Crippen LogP contribution is -2.24. The van der Waals surface area contributed by atoms with Gasteiger partial charge in [-0.2, -0.15) is 10.2 Å². The van der Waals surface area contributed by atoms with Crippen LogP contribution in [0.4, 0.5) is 0 Å². The van der Waals surface area contributed by atoms with E-state index < -0.39 is 0 Å². The molecule has 1 amide bonds. The Bertz CT molecular complexity index is 1110. The minimum absolute atomic E-state index is 0.149. The predicted molar refractivity (Wildman–Crippen MR) is 108 cm³/mol. The van der Waals surface area contributed by atoms with E-state index in [0.717, 1.165) is 28.9 Å². The van der Waals surface area contributed by atoms with Gasteiger partial charge in [0.15, 0.2) is 5.65 Å². The van der Waals surface area contributed by atoms with Crippen LogP contribution in [0.25, 0.3) is 22.3 Å². The number of nitrogens with zero attached hydrogens (tertiary/aromatic N) is 5. The van der Waals surface area contributed by atoms with Gasteiger partial charge in [0.25, 0.3) is 5.91 Å². The fourth-order valence-electron chi connectivity index (χ4n) is 3.28. The van der Waals surface area contributed by atoms with Crippen LogP contribution < -0.4 is 5.32 Å². The van der Waals surface area contributed by atoms with E-state index >= 15 is 0 Å². The average Bonchev–Trinajstić information content (AvgIpc) is 3.38. The van der Waals surface area contributed by atoms with Gasteiger partial charge in [0.2, 0.25) is 0 Å². The maximum Gasteiger partial charge on any atom is 0.252 e. The zero-order chi connectivity index (χ0) is 19.5. The zero-order valence-electron chi connectivity index (χ0n) is 16.0. The van der Waals surface area contributed by atoms with Gasteiger partial charge >= 0.3 is 0 Å². The molecule has 4 rings (SSSR count). The lowest BCUT2D eigenvalue weighted by atomic mass is 10.1. The predicted octanol–water partition coefficient (Wildman–Crippen LogP) is 3.26. The minimum atomic E-state index is -0.149. The molecule has 0 aliphatic heterocycles. The summed E-state index contributed by atoms with van der Waals surface area (Å²) in [5.41, 5.74) is 3.98. The van der Waals surface area contributed by atoms with E-state index in [-0.39, 0.29) is 5.91 Å². The summed E-state index contributed by atoms with van der Waals surface area (Å²) in [6.07, 6.45) is 3.46. The Balaban J connectivity index is 1.72. The Kier molecular flexibility index (Phi) is 4.89. The highest BCUT2D eigenvalue weighted by atomic mass is 16.1. The van der Waals surface area contributed by atoms with E-state index in [1.165, 1.54) is 0 Å². The van der Waals surface area contributed by atoms with E-state index in [0.29, 0.717) is 24.3 Å². The zero-order valence-corrected chi connectivity index (χ0v) is 16.0. The molecule has 142 valence electrons. The number of aryl methyl sites for hydroxylation is 2. The summed E-state index contributed by atoms with van der Waals surface area (Å²) >= 11 is 0. The van der Waals surface area contributed by atoms with Crippen molar-refractivity contribution in [3.8, 4) is 11.3 Å². The topological polar surface area (TPSA) is 77.6 Å². The summed E-state index contributed by atoms with van der Waals surface area (Å²) < 4.78 is 3.68. The van der Waals surface area contributed by atoms with Crippen LogP contribution in [0.5, 0.6) is 0 Å². The molecule has 7 nitrogen and oxygen atoms in total. The Morgan fingerprint density at radius 1 is 1.04 bits per heavy atom. The molecule has 0 fully saturated rings. The van der Waals surface area contributed by atoms with Crippen LogP contribution >= 0.6 is 0 Å². The molecule has 3 aromatic heterocycles. The van der Waals surface area contributed by atoms with Crippen molar-refractivity contribution in [3.05, 3.63) is 66.1 Å². The van der Waals surface area contributed by atoms with E-state index in [9.17, 15) is 4.79 Å². The highest BCUT2D eigenvalue weighted by molar-refractivity contribution is 6.06. The Hall–Kier alpha value is -3.48. The van der Waals surface area contributed by atoms with E-state index in [2.05, 4.69) is 15.5 Å². The van der Waals surface area contributed by atoms with Gasteiger partial charge in [0, 0.05) is 24.8 Å². The van der Waals surface area contributed by atoms with Crippen LogP contribution in [-0.2, 0) is 19.6 Å². The Morgan fingerprint density at radius 2 is 1.82 bits per heavy atom. The quantitative estimate of drug-likeness (QED) is 0.562. The van der Waals surface area contributed by atoms with Crippen molar-refractivity contribution in [2.75, 3.05) is 0 Å². The Labute approximate surface area is 163 Å². The van der Waals surface area contributed by atoms with Crippen molar-refractivity contribution in [1.82, 2.24) is 29.9 Å². The van der Waals surface area contributed by atoms with Gasteiger partial charge in [-0.05, 0) is 26.0 Å². The van der Waals surface area contributed by atoms with Crippen molar-refractivity contribution in [1.29, 1.82) is 0 Å². The maximum absolute atomic E-state index is 13.0. The SMILES string of the molecule is CCn1nccc1CNC(=O)c1cc(-c2ccccc2)nc2c1cnn2CC. The number of rotatable bonds is 6. The average molecular weight is 374 g/mol. The normalized spacial score (nSPS) is 11.1. The van der Waals surface area contributed by atoms with Crippen LogP contribution in [-0.4, -0.2) is 30.5 Å². The van der Waals surface area contributed by atoms with Crippen LogP contribution in [0.3, 0.4) is 0 Å². The maximum atomic E-state index is 13.0. The monoisotopic (exact) mass is 374 g/mol. The highest BCUT2D eigenvalue weighted by Crippen LogP contribution is 2.25. The summed E-state index contributed by atoms with van der Waals surface area (Å²) in [4.78, 5) is 17.8. The van der Waals surface area contributed by atoms with E-state index in [1.54, 1.807) is 12.4 Å². The second kappa shape index (κ2) is 7.64. The van der Waals surface area contributed by atoms with Gasteiger partial charge in [0.1, 0.15) is 0 Å². The molecule has 4 aromatic rings. The molecule has 0 saturated carbocycles. The number of carbonyl (C=O) groups excluding carboxylic acids is 1. The van der Waals surface area contributed by atoms with Gasteiger partial charge in [-0.3, -0.25) is 9.48 Å². The fraction of sp³-hybridized carbons (Fsp3) is 0.238. The van der Waals surface area contributed by atoms with Gasteiger partial charge < -0.3 is 5.32 Å². The van der Waals surface area contributed by atoms with Crippen molar-refractivity contribution in [2.45, 2.75) is 33.5 Å². The van der Waals surface area contributed by atoms with Crippen molar-refractivity contribution in [3.63, 3.8) is 0 Å². The third-order valence-electron chi connectivity index (χ3n) is 4.76. The molecular formula is C21H22N6O. The first-order chi connectivity index (χ1) is 13.7. The van der Waals surface area contributed by atoms with Gasteiger partial charge in [-0.1, -0.05) is 30.3 Å². The first kappa shape index (κ1) is 17.9. The summed E-state index contributed by atoms with van der Waals surface area (Å²) in [5, 5.41) is 12.4. The van der Waals surface area contributed by atoms with Crippen LogP contribution in [0, 0.1) is 0 Å². The molecule has 1 N–H and O–H groups in total. The molecule has 0 aliphatic carbocycles. The molecule has 1 aromatic carbocycles. The van der Waals surface area contributed by atoms with Crippen molar-refractivity contribution < 1.29 is 4.79 Å². The molecule has 0 spiro atoms. The van der Waals surface area contributed by atoms with Crippen molar-refractivity contribution in [2.24, 2.45) is 0 Å². The lowest BCUT2D eigenvalue weighted by molar-refractivity contribution is 0.0951. The number of hydrogen-bond acceptors (Lipinski definition) is 4. The van der Waals surface area contributed by atoms with Crippen LogP contribution in [0.15, 0.2) is 54.9 Å². The standard InChI is InChI=1S/C21H22N6O/c1-3-26-16(10-11-23-26)13-22-21(28)17-12-19(15-8-6-5-7-9-15)25-20-18(17)14-24-27(20)4-2/h5-12,14H,3-4,13H2,1-2H3,(H,22,28). The van der Waals surface area contributed by atoms with Crippen molar-refractivity contribution >= 4 is 16.9 Å². The smallest absolute Gasteiger partial charge is 0.252 e. The third-order valence-corrected chi connectivity index (χ3v) is 4.76. The molecular weight excluding hydrogens is 352 g/mol. The molecule has 0 unspecified atom stereocenters. The third kappa shape index (κ3) is 3.26. The van der Waals surface area contributed by atoms with E-state index in [4.69, 9.17) is 4.98 Å². The number of aromatic nitrogens is 5. The summed E-state index contributed by atoms with van der Waals surface area (Å²) in [6, 6.07) is 13.6. The van der Waals surface area contributed by atoms with E-state index in [1.807, 2.05) is 65.7 Å². The number of nitrogens with one attached hydrogen (secondary N) is 1. The van der Waals surface area contributed by atoms with Gasteiger partial charge in [-0.25, -0.2) is 9.67 Å². The summed E-state index contributed by atoms with van der Waals surface area (Å²) in [7, 11) is 0. The second-order valence-electron chi connectivity index (χ2n) is 6.44. The van der Waals surface area contributed by atoms with Gasteiger partial charge in [-0.15, -0.1) is 0 Å². The first-order valence-electron chi connectivity index (χ1n) is 9.42. The fourth-order valence-corrected chi connectivity index (χ4v) is 3.28. The number of hydrogen-bond donors (Lipinski definition) is 1. The largest absolute Gasteiger partial charge is 0.346 e. The number of pyridine rings is 1. The lowest BCUT2D eigenvalue weighted by Gasteiger charge is -2.10. The first-order valence-corrected chi connectivity index (χ1v) is 9.42. The molecule has 0 aliphatic rings. The molecule has 0 saturated heterocycles. The summed E-state index contributed by atoms with van der Waals surface area (Å²) in [6.45, 7) is 5.90.